The highest BCUT2D eigenvalue weighted by atomic mass is 19.4. The van der Waals surface area contributed by atoms with Crippen molar-refractivity contribution in [2.75, 3.05) is 18.5 Å². The molecule has 1 aliphatic rings. The summed E-state index contributed by atoms with van der Waals surface area (Å²) in [4.78, 5) is 13.5. The number of alkyl halides is 3. The lowest BCUT2D eigenvalue weighted by atomic mass is 10.1. The minimum Gasteiger partial charge on any atom is -0.361 e. The number of nitrogens with zero attached hydrogens (tertiary/aromatic N) is 2. The molecule has 0 amide bonds. The number of aromatic nitrogens is 1. The fraction of sp³-hybridized carbons (Fsp3) is 0.545. The summed E-state index contributed by atoms with van der Waals surface area (Å²) < 4.78 is 39.7. The van der Waals surface area contributed by atoms with E-state index < -0.39 is 17.3 Å². The third kappa shape index (κ3) is 1.92. The highest BCUT2D eigenvalue weighted by Crippen LogP contribution is 2.33. The molecule has 0 spiro atoms. The van der Waals surface area contributed by atoms with Crippen molar-refractivity contribution in [2.24, 2.45) is 0 Å². The number of hydrogen-bond acceptors (Lipinski definition) is 2. The van der Waals surface area contributed by atoms with Crippen LogP contribution in [0.25, 0.3) is 0 Å². The largest absolute Gasteiger partial charge is 0.416 e. The van der Waals surface area contributed by atoms with Crippen LogP contribution in [0.4, 0.5) is 19.0 Å². The molecule has 17 heavy (non-hydrogen) atoms. The summed E-state index contributed by atoms with van der Waals surface area (Å²) in [6, 6.07) is 1.07. The molecule has 0 atom stereocenters. The first-order chi connectivity index (χ1) is 7.82. The molecule has 0 saturated heterocycles. The molecule has 94 valence electrons. The number of fused-ring (bicyclic) bond motifs is 1. The molecule has 1 aliphatic heterocycles. The van der Waals surface area contributed by atoms with Gasteiger partial charge >= 0.3 is 6.18 Å². The van der Waals surface area contributed by atoms with Crippen molar-refractivity contribution >= 4 is 5.82 Å². The molecule has 2 heterocycles. The minimum atomic E-state index is -4.48. The maximum atomic E-state index is 12.8. The van der Waals surface area contributed by atoms with Crippen LogP contribution in [0, 0.1) is 6.92 Å². The average Bonchev–Trinajstić information content (AvgIpc) is 2.22. The van der Waals surface area contributed by atoms with Gasteiger partial charge in [0.1, 0.15) is 5.82 Å². The molecule has 6 heteroatoms. The predicted molar refractivity (Wildman–Crippen MR) is 58.3 cm³/mol. The maximum Gasteiger partial charge on any atom is 0.416 e. The molecule has 0 unspecified atom stereocenters. The van der Waals surface area contributed by atoms with Gasteiger partial charge in [-0.1, -0.05) is 0 Å². The standard InChI is InChI=1S/C11H13F3N2O/c1-7-8(11(12,13)14)6-9-15(2)4-3-5-16(9)10(7)17/h6H,3-5H2,1-2H3. The summed E-state index contributed by atoms with van der Waals surface area (Å²) in [5, 5.41) is 0. The summed E-state index contributed by atoms with van der Waals surface area (Å²) in [5.74, 6) is 0.346. The van der Waals surface area contributed by atoms with Gasteiger partial charge in [0, 0.05) is 25.7 Å². The molecule has 0 N–H and O–H groups in total. The molecule has 0 aliphatic carbocycles. The predicted octanol–water partition coefficient (Wildman–Crippen LogP) is 2.02. The van der Waals surface area contributed by atoms with Gasteiger partial charge < -0.3 is 4.90 Å². The Bertz CT molecular complexity index is 505. The van der Waals surface area contributed by atoms with Crippen molar-refractivity contribution in [3.8, 4) is 0 Å². The summed E-state index contributed by atoms with van der Waals surface area (Å²) in [7, 11) is 1.69. The highest BCUT2D eigenvalue weighted by molar-refractivity contribution is 5.46. The van der Waals surface area contributed by atoms with E-state index in [4.69, 9.17) is 0 Å². The number of hydrogen-bond donors (Lipinski definition) is 0. The SMILES string of the molecule is Cc1c(C(F)(F)F)cc2n(c1=O)CCCN2C. The molecule has 0 fully saturated rings. The van der Waals surface area contributed by atoms with Gasteiger partial charge in [0.2, 0.25) is 0 Å². The van der Waals surface area contributed by atoms with Crippen LogP contribution < -0.4 is 10.5 Å². The highest BCUT2D eigenvalue weighted by Gasteiger charge is 2.35. The molecule has 3 nitrogen and oxygen atoms in total. The van der Waals surface area contributed by atoms with Crippen LogP contribution in [-0.2, 0) is 12.7 Å². The summed E-state index contributed by atoms with van der Waals surface area (Å²) in [5.41, 5.74) is -1.60. The van der Waals surface area contributed by atoms with Gasteiger partial charge in [-0.15, -0.1) is 0 Å². The van der Waals surface area contributed by atoms with Crippen LogP contribution in [0.5, 0.6) is 0 Å². The normalized spacial score (nSPS) is 15.9. The zero-order chi connectivity index (χ0) is 12.8. The van der Waals surface area contributed by atoms with E-state index in [1.165, 1.54) is 11.5 Å². The molecular weight excluding hydrogens is 233 g/mol. The monoisotopic (exact) mass is 246 g/mol. The van der Waals surface area contributed by atoms with Crippen LogP contribution >= 0.6 is 0 Å². The molecule has 2 rings (SSSR count). The zero-order valence-corrected chi connectivity index (χ0v) is 9.64. The van der Waals surface area contributed by atoms with Crippen molar-refractivity contribution < 1.29 is 13.2 Å². The Balaban J connectivity index is 2.71. The smallest absolute Gasteiger partial charge is 0.361 e. The Kier molecular flexibility index (Phi) is 2.67. The first-order valence-electron chi connectivity index (χ1n) is 5.35. The summed E-state index contributed by atoms with van der Waals surface area (Å²) >= 11 is 0. The van der Waals surface area contributed by atoms with Gasteiger partial charge in [0.25, 0.3) is 5.56 Å². The average molecular weight is 246 g/mol. The van der Waals surface area contributed by atoms with Crippen molar-refractivity contribution in [1.82, 2.24) is 4.57 Å². The van der Waals surface area contributed by atoms with Crippen molar-refractivity contribution in [3.63, 3.8) is 0 Å². The van der Waals surface area contributed by atoms with Crippen LogP contribution in [0.3, 0.4) is 0 Å². The maximum absolute atomic E-state index is 12.8. The lowest BCUT2D eigenvalue weighted by Crippen LogP contribution is -2.37. The summed E-state index contributed by atoms with van der Waals surface area (Å²) in [6.45, 7) is 2.38. The van der Waals surface area contributed by atoms with Crippen molar-refractivity contribution in [2.45, 2.75) is 26.1 Å². The first-order valence-corrected chi connectivity index (χ1v) is 5.35. The first kappa shape index (κ1) is 12.0. The molecule has 1 aromatic rings. The molecule has 0 bridgehead atoms. The zero-order valence-electron chi connectivity index (χ0n) is 9.64. The molecular formula is C11H13F3N2O. The van der Waals surface area contributed by atoms with Crippen LogP contribution in [0.2, 0.25) is 0 Å². The number of halogens is 3. The Hall–Kier alpha value is -1.46. The third-order valence-electron chi connectivity index (χ3n) is 3.09. The minimum absolute atomic E-state index is 0.225. The quantitative estimate of drug-likeness (QED) is 0.699. The van der Waals surface area contributed by atoms with E-state index in [2.05, 4.69) is 0 Å². The van der Waals surface area contributed by atoms with E-state index in [9.17, 15) is 18.0 Å². The molecule has 0 radical (unpaired) electrons. The number of rotatable bonds is 0. The summed E-state index contributed by atoms with van der Waals surface area (Å²) in [6.07, 6.45) is -3.70. The van der Waals surface area contributed by atoms with E-state index in [-0.39, 0.29) is 5.56 Å². The van der Waals surface area contributed by atoms with Gasteiger partial charge in [-0.2, -0.15) is 13.2 Å². The van der Waals surface area contributed by atoms with Crippen molar-refractivity contribution in [3.05, 3.63) is 27.5 Å². The molecule has 1 aromatic heterocycles. The van der Waals surface area contributed by atoms with Gasteiger partial charge in [-0.25, -0.2) is 0 Å². The lowest BCUT2D eigenvalue weighted by molar-refractivity contribution is -0.138. The van der Waals surface area contributed by atoms with E-state index in [0.29, 0.717) is 18.9 Å². The van der Waals surface area contributed by atoms with Gasteiger partial charge in [0.05, 0.1) is 5.56 Å². The van der Waals surface area contributed by atoms with Crippen LogP contribution in [-0.4, -0.2) is 18.2 Å². The Morgan fingerprint density at radius 3 is 2.53 bits per heavy atom. The number of pyridine rings is 1. The second-order valence-electron chi connectivity index (χ2n) is 4.27. The van der Waals surface area contributed by atoms with E-state index in [0.717, 1.165) is 12.5 Å². The van der Waals surface area contributed by atoms with Crippen LogP contribution in [0.15, 0.2) is 10.9 Å². The molecule has 0 saturated carbocycles. The Morgan fingerprint density at radius 1 is 1.29 bits per heavy atom. The van der Waals surface area contributed by atoms with Crippen molar-refractivity contribution in [1.29, 1.82) is 0 Å². The second-order valence-corrected chi connectivity index (χ2v) is 4.27. The van der Waals surface area contributed by atoms with E-state index in [1.54, 1.807) is 11.9 Å². The van der Waals surface area contributed by atoms with Gasteiger partial charge in [-0.3, -0.25) is 9.36 Å². The van der Waals surface area contributed by atoms with Gasteiger partial charge in [0.15, 0.2) is 0 Å². The second kappa shape index (κ2) is 3.78. The third-order valence-corrected chi connectivity index (χ3v) is 3.09. The Morgan fingerprint density at radius 2 is 1.94 bits per heavy atom. The topological polar surface area (TPSA) is 25.2 Å². The molecule has 0 aromatic carbocycles. The van der Waals surface area contributed by atoms with E-state index >= 15 is 0 Å². The number of anilines is 1. The lowest BCUT2D eigenvalue weighted by Gasteiger charge is -2.30. The van der Waals surface area contributed by atoms with Gasteiger partial charge in [-0.05, 0) is 19.4 Å². The fourth-order valence-electron chi connectivity index (χ4n) is 2.14. The fourth-order valence-corrected chi connectivity index (χ4v) is 2.14. The van der Waals surface area contributed by atoms with Crippen LogP contribution in [0.1, 0.15) is 17.5 Å². The Labute approximate surface area is 96.5 Å². The van der Waals surface area contributed by atoms with E-state index in [1.807, 2.05) is 0 Å².